The van der Waals surface area contributed by atoms with E-state index in [1.807, 2.05) is 0 Å². The van der Waals surface area contributed by atoms with Crippen molar-refractivity contribution in [2.45, 2.75) is 39.4 Å². The van der Waals surface area contributed by atoms with Crippen molar-refractivity contribution in [1.29, 1.82) is 0 Å². The molecule has 0 amide bonds. The first-order valence-electron chi connectivity index (χ1n) is 7.02. The van der Waals surface area contributed by atoms with Crippen LogP contribution >= 0.6 is 11.3 Å². The molecule has 4 heteroatoms. The van der Waals surface area contributed by atoms with Gasteiger partial charge in [-0.25, -0.2) is 4.98 Å². The van der Waals surface area contributed by atoms with Crippen LogP contribution in [0.4, 0.5) is 5.69 Å². The van der Waals surface area contributed by atoms with Crippen LogP contribution in [0.2, 0.25) is 0 Å². The molecule has 1 aromatic heterocycles. The second kappa shape index (κ2) is 5.19. The Balaban J connectivity index is 1.93. The van der Waals surface area contributed by atoms with Crippen molar-refractivity contribution in [3.63, 3.8) is 0 Å². The minimum Gasteiger partial charge on any atom is -0.364 e. The van der Waals surface area contributed by atoms with Crippen molar-refractivity contribution in [2.24, 2.45) is 0 Å². The fraction of sp³-hybridized carbons (Fsp3) is 0.438. The first-order chi connectivity index (χ1) is 9.53. The third kappa shape index (κ3) is 2.86. The van der Waals surface area contributed by atoms with Crippen molar-refractivity contribution in [2.75, 3.05) is 11.4 Å². The molecule has 0 radical (unpaired) electrons. The van der Waals surface area contributed by atoms with Crippen molar-refractivity contribution in [3.05, 3.63) is 45.9 Å². The van der Waals surface area contributed by atoms with Gasteiger partial charge in [0.05, 0.1) is 17.2 Å². The molecule has 0 saturated heterocycles. The maximum absolute atomic E-state index is 4.61. The zero-order valence-corrected chi connectivity index (χ0v) is 13.1. The second-order valence-corrected chi connectivity index (χ2v) is 7.14. The zero-order chi connectivity index (χ0) is 14.2. The minimum absolute atomic E-state index is 0.101. The van der Waals surface area contributed by atoms with Gasteiger partial charge in [0.15, 0.2) is 0 Å². The van der Waals surface area contributed by atoms with E-state index in [1.54, 1.807) is 11.3 Å². The third-order valence-electron chi connectivity index (χ3n) is 3.70. The molecule has 2 heterocycles. The first-order valence-corrected chi connectivity index (χ1v) is 7.90. The van der Waals surface area contributed by atoms with Crippen LogP contribution < -0.4 is 10.2 Å². The summed E-state index contributed by atoms with van der Waals surface area (Å²) in [6, 6.07) is 8.67. The quantitative estimate of drug-likeness (QED) is 0.918. The summed E-state index contributed by atoms with van der Waals surface area (Å²) in [5.74, 6) is 0. The van der Waals surface area contributed by atoms with E-state index in [4.69, 9.17) is 0 Å². The molecule has 1 aromatic carbocycles. The van der Waals surface area contributed by atoms with Crippen LogP contribution in [0.1, 0.15) is 30.1 Å². The van der Waals surface area contributed by atoms with Gasteiger partial charge in [-0.2, -0.15) is 0 Å². The monoisotopic (exact) mass is 287 g/mol. The van der Waals surface area contributed by atoms with Gasteiger partial charge in [0.1, 0.15) is 0 Å². The summed E-state index contributed by atoms with van der Waals surface area (Å²) in [7, 11) is 0. The van der Waals surface area contributed by atoms with Crippen LogP contribution in [0.15, 0.2) is 29.6 Å². The molecule has 0 aliphatic carbocycles. The van der Waals surface area contributed by atoms with E-state index >= 15 is 0 Å². The summed E-state index contributed by atoms with van der Waals surface area (Å²) >= 11 is 1.73. The predicted octanol–water partition coefficient (Wildman–Crippen LogP) is 3.34. The van der Waals surface area contributed by atoms with E-state index in [0.29, 0.717) is 0 Å². The Labute approximate surface area is 124 Å². The van der Waals surface area contributed by atoms with E-state index in [-0.39, 0.29) is 5.54 Å². The average molecular weight is 287 g/mol. The van der Waals surface area contributed by atoms with E-state index in [1.165, 1.54) is 16.9 Å². The highest BCUT2D eigenvalue weighted by Gasteiger charge is 2.26. The summed E-state index contributed by atoms with van der Waals surface area (Å²) in [6.07, 6.45) is 0. The maximum atomic E-state index is 4.61. The molecule has 0 spiro atoms. The lowest BCUT2D eigenvalue weighted by atomic mass is 10.1. The molecule has 1 aliphatic rings. The summed E-state index contributed by atoms with van der Waals surface area (Å²) in [6.45, 7) is 9.38. The molecular formula is C16H21N3S. The highest BCUT2D eigenvalue weighted by molar-refractivity contribution is 7.09. The topological polar surface area (TPSA) is 28.2 Å². The highest BCUT2D eigenvalue weighted by Crippen LogP contribution is 2.28. The largest absolute Gasteiger partial charge is 0.364 e. The number of para-hydroxylation sites is 1. The number of aryl methyl sites for hydroxylation is 1. The lowest BCUT2D eigenvalue weighted by Gasteiger charge is -2.31. The number of nitrogens with one attached hydrogen (secondary N) is 1. The Morgan fingerprint density at radius 2 is 2.15 bits per heavy atom. The van der Waals surface area contributed by atoms with Gasteiger partial charge in [0, 0.05) is 29.7 Å². The predicted molar refractivity (Wildman–Crippen MR) is 85.3 cm³/mol. The number of hydrogen-bond acceptors (Lipinski definition) is 4. The van der Waals surface area contributed by atoms with Gasteiger partial charge < -0.3 is 10.2 Å². The second-order valence-electron chi connectivity index (χ2n) is 6.08. The maximum Gasteiger partial charge on any atom is 0.0898 e. The molecule has 106 valence electrons. The first kappa shape index (κ1) is 13.6. The fourth-order valence-electron chi connectivity index (χ4n) is 2.74. The van der Waals surface area contributed by atoms with E-state index in [2.05, 4.69) is 65.6 Å². The van der Waals surface area contributed by atoms with Crippen LogP contribution in [-0.4, -0.2) is 17.1 Å². The fourth-order valence-corrected chi connectivity index (χ4v) is 3.34. The Morgan fingerprint density at radius 1 is 1.35 bits per heavy atom. The summed E-state index contributed by atoms with van der Waals surface area (Å²) in [5, 5.41) is 6.95. The van der Waals surface area contributed by atoms with E-state index in [9.17, 15) is 0 Å². The lowest BCUT2D eigenvalue weighted by Crippen LogP contribution is -2.46. The molecule has 0 saturated carbocycles. The molecular weight excluding hydrogens is 266 g/mol. The van der Waals surface area contributed by atoms with Crippen molar-refractivity contribution in [1.82, 2.24) is 10.3 Å². The molecule has 0 fully saturated rings. The van der Waals surface area contributed by atoms with Gasteiger partial charge >= 0.3 is 0 Å². The van der Waals surface area contributed by atoms with Crippen LogP contribution in [0.3, 0.4) is 0 Å². The van der Waals surface area contributed by atoms with Crippen molar-refractivity contribution >= 4 is 17.0 Å². The molecule has 1 aliphatic heterocycles. The highest BCUT2D eigenvalue weighted by atomic mass is 32.1. The number of rotatable bonds is 2. The van der Waals surface area contributed by atoms with Gasteiger partial charge in [-0.15, -0.1) is 11.3 Å². The van der Waals surface area contributed by atoms with Crippen molar-refractivity contribution < 1.29 is 0 Å². The van der Waals surface area contributed by atoms with Crippen LogP contribution in [0.25, 0.3) is 0 Å². The minimum atomic E-state index is 0.101. The Morgan fingerprint density at radius 3 is 2.90 bits per heavy atom. The van der Waals surface area contributed by atoms with Gasteiger partial charge in [0.25, 0.3) is 0 Å². The molecule has 0 atom stereocenters. The SMILES string of the molecule is Cc1nc(CN2CC(C)(C)NCc3ccccc32)cs1. The standard InChI is InChI=1S/C16H21N3S/c1-12-18-14(10-20-12)9-19-11-16(2,3)17-8-13-6-4-5-7-15(13)19/h4-7,10,17H,8-9,11H2,1-3H3. The Bertz CT molecular complexity index is 603. The van der Waals surface area contributed by atoms with Gasteiger partial charge in [0.2, 0.25) is 0 Å². The molecule has 0 unspecified atom stereocenters. The summed E-state index contributed by atoms with van der Waals surface area (Å²) in [5.41, 5.74) is 3.96. The number of thiazole rings is 1. The molecule has 1 N–H and O–H groups in total. The molecule has 3 nitrogen and oxygen atoms in total. The average Bonchev–Trinajstić information content (AvgIpc) is 2.75. The number of hydrogen-bond donors (Lipinski definition) is 1. The normalized spacial score (nSPS) is 17.6. The van der Waals surface area contributed by atoms with Gasteiger partial charge in [-0.3, -0.25) is 0 Å². The van der Waals surface area contributed by atoms with Gasteiger partial charge in [-0.1, -0.05) is 18.2 Å². The number of aromatic nitrogens is 1. The molecule has 0 bridgehead atoms. The molecule has 2 aromatic rings. The smallest absolute Gasteiger partial charge is 0.0898 e. The Hall–Kier alpha value is -1.39. The number of nitrogens with zero attached hydrogens (tertiary/aromatic N) is 2. The number of anilines is 1. The molecule has 3 rings (SSSR count). The van der Waals surface area contributed by atoms with Crippen molar-refractivity contribution in [3.8, 4) is 0 Å². The molecule has 20 heavy (non-hydrogen) atoms. The lowest BCUT2D eigenvalue weighted by molar-refractivity contribution is 0.394. The number of fused-ring (bicyclic) bond motifs is 1. The zero-order valence-electron chi connectivity index (χ0n) is 12.3. The Kier molecular flexibility index (Phi) is 3.52. The van der Waals surface area contributed by atoms with E-state index < -0.39 is 0 Å². The third-order valence-corrected chi connectivity index (χ3v) is 4.52. The summed E-state index contributed by atoms with van der Waals surface area (Å²) < 4.78 is 0. The van der Waals surface area contributed by atoms with Crippen LogP contribution in [0, 0.1) is 6.92 Å². The van der Waals surface area contributed by atoms with Crippen LogP contribution in [-0.2, 0) is 13.1 Å². The van der Waals surface area contributed by atoms with Gasteiger partial charge in [-0.05, 0) is 32.4 Å². The van der Waals surface area contributed by atoms with Crippen LogP contribution in [0.5, 0.6) is 0 Å². The number of benzene rings is 1. The summed E-state index contributed by atoms with van der Waals surface area (Å²) in [4.78, 5) is 7.06. The van der Waals surface area contributed by atoms with E-state index in [0.717, 1.165) is 24.6 Å².